The molecule has 0 aliphatic rings. The Balaban J connectivity index is 2.09. The van der Waals surface area contributed by atoms with Crippen LogP contribution in [0.2, 0.25) is 0 Å². The van der Waals surface area contributed by atoms with Gasteiger partial charge in [0.05, 0.1) is 17.8 Å². The number of nitrogens with one attached hydrogen (secondary N) is 1. The van der Waals surface area contributed by atoms with E-state index in [1.807, 2.05) is 31.3 Å². The maximum absolute atomic E-state index is 13.8. The number of benzene rings is 2. The van der Waals surface area contributed by atoms with Crippen LogP contribution in [-0.2, 0) is 13.1 Å². The molecule has 1 N–H and O–H groups in total. The van der Waals surface area contributed by atoms with Gasteiger partial charge in [-0.3, -0.25) is 4.68 Å². The molecule has 1 heterocycles. The number of halogens is 2. The first-order valence-electron chi connectivity index (χ1n) is 6.72. The topological polar surface area (TPSA) is 29.9 Å². The molecule has 3 aromatic rings. The molecule has 0 amide bonds. The predicted molar refractivity (Wildman–Crippen MR) is 78.0 cm³/mol. The molecule has 3 nitrogen and oxygen atoms in total. The van der Waals surface area contributed by atoms with Crippen molar-refractivity contribution in [2.24, 2.45) is 0 Å². The molecule has 2 aromatic carbocycles. The molecule has 0 bridgehead atoms. The second kappa shape index (κ2) is 5.61. The SMILES string of the molecule is CNCc1nn(Cc2c(F)cccc2F)c2ccccc12. The standard InChI is InChI=1S/C16H15F2N3/c1-19-9-15-11-5-2-3-8-16(11)21(20-15)10-12-13(17)6-4-7-14(12)18/h2-8,19H,9-10H2,1H3. The van der Waals surface area contributed by atoms with Crippen LogP contribution in [0.3, 0.4) is 0 Å². The second-order valence-electron chi connectivity index (χ2n) is 4.85. The quantitative estimate of drug-likeness (QED) is 0.799. The van der Waals surface area contributed by atoms with Crippen LogP contribution in [0.5, 0.6) is 0 Å². The molecular weight excluding hydrogens is 272 g/mol. The lowest BCUT2D eigenvalue weighted by atomic mass is 10.2. The third kappa shape index (κ3) is 2.52. The largest absolute Gasteiger partial charge is 0.314 e. The summed E-state index contributed by atoms with van der Waals surface area (Å²) in [5.41, 5.74) is 1.76. The first kappa shape index (κ1) is 13.7. The molecule has 0 unspecified atom stereocenters. The van der Waals surface area contributed by atoms with Gasteiger partial charge in [0.2, 0.25) is 0 Å². The zero-order chi connectivity index (χ0) is 14.8. The first-order chi connectivity index (χ1) is 10.2. The summed E-state index contributed by atoms with van der Waals surface area (Å²) in [5, 5.41) is 8.52. The Kier molecular flexibility index (Phi) is 3.66. The van der Waals surface area contributed by atoms with Gasteiger partial charge >= 0.3 is 0 Å². The van der Waals surface area contributed by atoms with Crippen LogP contribution in [0.1, 0.15) is 11.3 Å². The highest BCUT2D eigenvalue weighted by molar-refractivity contribution is 5.82. The van der Waals surface area contributed by atoms with Gasteiger partial charge < -0.3 is 5.32 Å². The van der Waals surface area contributed by atoms with E-state index in [-0.39, 0.29) is 12.1 Å². The van der Waals surface area contributed by atoms with E-state index in [1.54, 1.807) is 4.68 Å². The van der Waals surface area contributed by atoms with Crippen LogP contribution in [0.25, 0.3) is 10.9 Å². The molecule has 0 saturated heterocycles. The smallest absolute Gasteiger partial charge is 0.131 e. The minimum atomic E-state index is -0.551. The van der Waals surface area contributed by atoms with Crippen LogP contribution in [0.4, 0.5) is 8.78 Å². The van der Waals surface area contributed by atoms with Gasteiger partial charge in [0, 0.05) is 17.5 Å². The number of nitrogens with zero attached hydrogens (tertiary/aromatic N) is 2. The van der Waals surface area contributed by atoms with Crippen molar-refractivity contribution in [1.82, 2.24) is 15.1 Å². The van der Waals surface area contributed by atoms with Crippen LogP contribution in [0, 0.1) is 11.6 Å². The minimum Gasteiger partial charge on any atom is -0.314 e. The number of hydrogen-bond donors (Lipinski definition) is 1. The molecule has 0 aliphatic heterocycles. The highest BCUT2D eigenvalue weighted by Gasteiger charge is 2.14. The van der Waals surface area contributed by atoms with E-state index in [1.165, 1.54) is 18.2 Å². The van der Waals surface area contributed by atoms with Gasteiger partial charge in [-0.25, -0.2) is 8.78 Å². The summed E-state index contributed by atoms with van der Waals surface area (Å²) in [5.74, 6) is -1.10. The fraction of sp³-hybridized carbons (Fsp3) is 0.188. The van der Waals surface area contributed by atoms with Gasteiger partial charge in [-0.15, -0.1) is 0 Å². The number of rotatable bonds is 4. The molecule has 0 radical (unpaired) electrons. The van der Waals surface area contributed by atoms with Crippen molar-refractivity contribution in [2.45, 2.75) is 13.1 Å². The van der Waals surface area contributed by atoms with E-state index in [9.17, 15) is 8.78 Å². The molecule has 3 rings (SSSR count). The summed E-state index contributed by atoms with van der Waals surface area (Å²) in [6.07, 6.45) is 0. The van der Waals surface area contributed by atoms with Crippen LogP contribution in [-0.4, -0.2) is 16.8 Å². The Morgan fingerprint density at radius 3 is 2.48 bits per heavy atom. The van der Waals surface area contributed by atoms with E-state index >= 15 is 0 Å². The molecule has 0 atom stereocenters. The molecule has 21 heavy (non-hydrogen) atoms. The number of para-hydroxylation sites is 1. The average Bonchev–Trinajstić information content (AvgIpc) is 2.82. The molecule has 0 spiro atoms. The van der Waals surface area contributed by atoms with E-state index in [0.29, 0.717) is 6.54 Å². The highest BCUT2D eigenvalue weighted by Crippen LogP contribution is 2.21. The Morgan fingerprint density at radius 1 is 1.05 bits per heavy atom. The lowest BCUT2D eigenvalue weighted by Gasteiger charge is -2.06. The Hall–Kier alpha value is -2.27. The zero-order valence-corrected chi connectivity index (χ0v) is 11.6. The van der Waals surface area contributed by atoms with Crippen LogP contribution in [0.15, 0.2) is 42.5 Å². The lowest BCUT2D eigenvalue weighted by Crippen LogP contribution is -2.09. The predicted octanol–water partition coefficient (Wildman–Crippen LogP) is 3.08. The maximum atomic E-state index is 13.8. The third-order valence-corrected chi connectivity index (χ3v) is 3.45. The van der Waals surface area contributed by atoms with Gasteiger partial charge in [0.1, 0.15) is 11.6 Å². The second-order valence-corrected chi connectivity index (χ2v) is 4.85. The Labute approximate surface area is 121 Å². The summed E-state index contributed by atoms with van der Waals surface area (Å²) in [6.45, 7) is 0.677. The molecule has 0 aliphatic carbocycles. The van der Waals surface area contributed by atoms with E-state index in [2.05, 4.69) is 10.4 Å². The summed E-state index contributed by atoms with van der Waals surface area (Å²) in [6, 6.07) is 11.6. The van der Waals surface area contributed by atoms with E-state index < -0.39 is 11.6 Å². The molecule has 5 heteroatoms. The Bertz CT molecular complexity index is 760. The monoisotopic (exact) mass is 287 g/mol. The molecule has 108 valence electrons. The van der Waals surface area contributed by atoms with Crippen molar-refractivity contribution in [3.05, 3.63) is 65.4 Å². The maximum Gasteiger partial charge on any atom is 0.131 e. The molecule has 0 saturated carbocycles. The van der Waals surface area contributed by atoms with E-state index in [0.717, 1.165) is 16.6 Å². The van der Waals surface area contributed by atoms with Crippen molar-refractivity contribution in [1.29, 1.82) is 0 Å². The number of hydrogen-bond acceptors (Lipinski definition) is 2. The van der Waals surface area contributed by atoms with Crippen molar-refractivity contribution >= 4 is 10.9 Å². The average molecular weight is 287 g/mol. The number of aromatic nitrogens is 2. The molecule has 0 fully saturated rings. The Morgan fingerprint density at radius 2 is 1.76 bits per heavy atom. The fourth-order valence-corrected chi connectivity index (χ4v) is 2.45. The third-order valence-electron chi connectivity index (χ3n) is 3.45. The molecule has 1 aromatic heterocycles. The molecular formula is C16H15F2N3. The normalized spacial score (nSPS) is 11.2. The summed E-state index contributed by atoms with van der Waals surface area (Å²) in [4.78, 5) is 0. The van der Waals surface area contributed by atoms with E-state index in [4.69, 9.17) is 0 Å². The van der Waals surface area contributed by atoms with Gasteiger partial charge in [0.15, 0.2) is 0 Å². The first-order valence-corrected chi connectivity index (χ1v) is 6.72. The summed E-state index contributed by atoms with van der Waals surface area (Å²) in [7, 11) is 1.84. The minimum absolute atomic E-state index is 0.0294. The van der Waals surface area contributed by atoms with Crippen LogP contribution >= 0.6 is 0 Å². The highest BCUT2D eigenvalue weighted by atomic mass is 19.1. The lowest BCUT2D eigenvalue weighted by molar-refractivity contribution is 0.535. The fourth-order valence-electron chi connectivity index (χ4n) is 2.45. The number of fused-ring (bicyclic) bond motifs is 1. The van der Waals surface area contributed by atoms with Crippen molar-refractivity contribution in [3.63, 3.8) is 0 Å². The van der Waals surface area contributed by atoms with Gasteiger partial charge in [-0.05, 0) is 25.2 Å². The van der Waals surface area contributed by atoms with Crippen LogP contribution < -0.4 is 5.32 Å². The summed E-state index contributed by atoms with van der Waals surface area (Å²) < 4.78 is 29.2. The van der Waals surface area contributed by atoms with Gasteiger partial charge in [-0.2, -0.15) is 5.10 Å². The van der Waals surface area contributed by atoms with Gasteiger partial charge in [0.25, 0.3) is 0 Å². The van der Waals surface area contributed by atoms with Crippen molar-refractivity contribution < 1.29 is 8.78 Å². The zero-order valence-electron chi connectivity index (χ0n) is 11.6. The van der Waals surface area contributed by atoms with Gasteiger partial charge in [-0.1, -0.05) is 24.3 Å². The van der Waals surface area contributed by atoms with Crippen molar-refractivity contribution in [2.75, 3.05) is 7.05 Å². The summed E-state index contributed by atoms with van der Waals surface area (Å²) >= 11 is 0. The van der Waals surface area contributed by atoms with Crippen molar-refractivity contribution in [3.8, 4) is 0 Å².